The molecular formula is C19H18FN5O. The first-order valence-electron chi connectivity index (χ1n) is 8.42. The molecule has 0 unspecified atom stereocenters. The normalized spacial score (nSPS) is 16.8. The second kappa shape index (κ2) is 6.59. The minimum Gasteiger partial charge on any atom is -0.399 e. The number of benzene rings is 2. The second-order valence-corrected chi connectivity index (χ2v) is 6.40. The number of rotatable bonds is 3. The molecule has 3 aromatic rings. The Morgan fingerprint density at radius 1 is 1.23 bits per heavy atom. The molecule has 0 aliphatic carbocycles. The maximum Gasteiger partial charge on any atom is 0.253 e. The Bertz CT molecular complexity index is 960. The SMILES string of the molecule is Nc1ccc(C(=O)N2CC[C@H](Nc3ncc4cc(F)ccc4n3)C2)cc1. The molecule has 0 bridgehead atoms. The maximum absolute atomic E-state index is 13.2. The molecule has 0 radical (unpaired) electrons. The third-order valence-electron chi connectivity index (χ3n) is 4.51. The number of amides is 1. The van der Waals surface area contributed by atoms with E-state index in [1.807, 2.05) is 0 Å². The van der Waals surface area contributed by atoms with Gasteiger partial charge in [-0.25, -0.2) is 14.4 Å². The van der Waals surface area contributed by atoms with E-state index in [9.17, 15) is 9.18 Å². The van der Waals surface area contributed by atoms with Crippen molar-refractivity contribution in [3.05, 3.63) is 60.0 Å². The number of carbonyl (C=O) groups excluding carboxylic acids is 1. The van der Waals surface area contributed by atoms with Gasteiger partial charge in [0.15, 0.2) is 0 Å². The molecule has 1 aliphatic heterocycles. The summed E-state index contributed by atoms with van der Waals surface area (Å²) in [5.41, 5.74) is 7.61. The zero-order chi connectivity index (χ0) is 18.1. The minimum atomic E-state index is -0.311. The van der Waals surface area contributed by atoms with Crippen LogP contribution in [0, 0.1) is 5.82 Å². The molecule has 0 saturated carbocycles. The van der Waals surface area contributed by atoms with Gasteiger partial charge >= 0.3 is 0 Å². The minimum absolute atomic E-state index is 0.01000. The molecule has 1 atom stereocenters. The van der Waals surface area contributed by atoms with Crippen molar-refractivity contribution in [2.24, 2.45) is 0 Å². The van der Waals surface area contributed by atoms with Gasteiger partial charge in [0.1, 0.15) is 5.82 Å². The smallest absolute Gasteiger partial charge is 0.253 e. The van der Waals surface area contributed by atoms with Crippen LogP contribution >= 0.6 is 0 Å². The van der Waals surface area contributed by atoms with E-state index in [1.165, 1.54) is 12.1 Å². The van der Waals surface area contributed by atoms with Crippen molar-refractivity contribution in [2.75, 3.05) is 24.1 Å². The number of hydrogen-bond acceptors (Lipinski definition) is 5. The summed E-state index contributed by atoms with van der Waals surface area (Å²) in [4.78, 5) is 23.0. The van der Waals surface area contributed by atoms with Crippen molar-refractivity contribution in [1.82, 2.24) is 14.9 Å². The molecular weight excluding hydrogens is 333 g/mol. The summed E-state index contributed by atoms with van der Waals surface area (Å²) in [6, 6.07) is 11.4. The summed E-state index contributed by atoms with van der Waals surface area (Å²) in [5.74, 6) is 0.162. The van der Waals surface area contributed by atoms with Gasteiger partial charge in [-0.3, -0.25) is 4.79 Å². The van der Waals surface area contributed by atoms with E-state index in [0.717, 1.165) is 6.42 Å². The molecule has 4 rings (SSSR count). The van der Waals surface area contributed by atoms with Gasteiger partial charge < -0.3 is 16.0 Å². The second-order valence-electron chi connectivity index (χ2n) is 6.40. The number of fused-ring (bicyclic) bond motifs is 1. The zero-order valence-electron chi connectivity index (χ0n) is 14.0. The van der Waals surface area contributed by atoms with Crippen LogP contribution in [0.25, 0.3) is 10.9 Å². The van der Waals surface area contributed by atoms with Crippen LogP contribution in [-0.4, -0.2) is 39.9 Å². The summed E-state index contributed by atoms with van der Waals surface area (Å²) < 4.78 is 13.2. The number of anilines is 2. The number of nitrogens with zero attached hydrogens (tertiary/aromatic N) is 3. The van der Waals surface area contributed by atoms with E-state index in [0.29, 0.717) is 41.2 Å². The molecule has 132 valence electrons. The molecule has 2 heterocycles. The number of hydrogen-bond donors (Lipinski definition) is 2. The highest BCUT2D eigenvalue weighted by Crippen LogP contribution is 2.19. The highest BCUT2D eigenvalue weighted by molar-refractivity contribution is 5.94. The molecule has 7 heteroatoms. The first-order chi connectivity index (χ1) is 12.6. The Hall–Kier alpha value is -3.22. The average molecular weight is 351 g/mol. The molecule has 6 nitrogen and oxygen atoms in total. The van der Waals surface area contributed by atoms with Gasteiger partial charge in [0.2, 0.25) is 5.95 Å². The van der Waals surface area contributed by atoms with Gasteiger partial charge in [0.25, 0.3) is 5.91 Å². The molecule has 1 aliphatic rings. The predicted octanol–water partition coefficient (Wildman–Crippen LogP) is 2.68. The molecule has 0 spiro atoms. The third-order valence-corrected chi connectivity index (χ3v) is 4.51. The molecule has 1 saturated heterocycles. The lowest BCUT2D eigenvalue weighted by atomic mass is 10.2. The van der Waals surface area contributed by atoms with Gasteiger partial charge in [-0.05, 0) is 48.9 Å². The summed E-state index contributed by atoms with van der Waals surface area (Å²) in [6.07, 6.45) is 2.41. The summed E-state index contributed by atoms with van der Waals surface area (Å²) in [5, 5.41) is 3.92. The number of likely N-dealkylation sites (tertiary alicyclic amines) is 1. The molecule has 26 heavy (non-hydrogen) atoms. The first kappa shape index (κ1) is 16.3. The Morgan fingerprint density at radius 2 is 2.04 bits per heavy atom. The van der Waals surface area contributed by atoms with Crippen molar-refractivity contribution < 1.29 is 9.18 Å². The largest absolute Gasteiger partial charge is 0.399 e. The van der Waals surface area contributed by atoms with Gasteiger partial charge in [-0.2, -0.15) is 0 Å². The lowest BCUT2D eigenvalue weighted by Gasteiger charge is -2.17. The molecule has 2 aromatic carbocycles. The average Bonchev–Trinajstić information content (AvgIpc) is 3.10. The van der Waals surface area contributed by atoms with E-state index < -0.39 is 0 Å². The van der Waals surface area contributed by atoms with Gasteiger partial charge in [0, 0.05) is 42.0 Å². The van der Waals surface area contributed by atoms with Crippen LogP contribution in [-0.2, 0) is 0 Å². The summed E-state index contributed by atoms with van der Waals surface area (Å²) in [6.45, 7) is 1.24. The lowest BCUT2D eigenvalue weighted by Crippen LogP contribution is -2.31. The Labute approximate surface area is 149 Å². The summed E-state index contributed by atoms with van der Waals surface area (Å²) in [7, 11) is 0. The zero-order valence-corrected chi connectivity index (χ0v) is 14.0. The molecule has 1 amide bonds. The molecule has 1 aromatic heterocycles. The van der Waals surface area contributed by atoms with Crippen LogP contribution in [0.4, 0.5) is 16.0 Å². The number of nitrogens with two attached hydrogens (primary N) is 1. The summed E-state index contributed by atoms with van der Waals surface area (Å²) >= 11 is 0. The number of nitrogens with one attached hydrogen (secondary N) is 1. The Balaban J connectivity index is 1.43. The van der Waals surface area contributed by atoms with Gasteiger partial charge in [-0.1, -0.05) is 0 Å². The van der Waals surface area contributed by atoms with Crippen molar-refractivity contribution >= 4 is 28.4 Å². The van der Waals surface area contributed by atoms with E-state index in [1.54, 1.807) is 41.4 Å². The maximum atomic E-state index is 13.2. The number of carbonyl (C=O) groups is 1. The van der Waals surface area contributed by atoms with Crippen LogP contribution in [0.15, 0.2) is 48.7 Å². The van der Waals surface area contributed by atoms with Crippen LogP contribution in [0.1, 0.15) is 16.8 Å². The topological polar surface area (TPSA) is 84.1 Å². The monoisotopic (exact) mass is 351 g/mol. The van der Waals surface area contributed by atoms with Crippen molar-refractivity contribution in [2.45, 2.75) is 12.5 Å². The van der Waals surface area contributed by atoms with E-state index in [2.05, 4.69) is 15.3 Å². The number of nitrogen functional groups attached to an aromatic ring is 1. The molecule has 1 fully saturated rings. The van der Waals surface area contributed by atoms with Crippen LogP contribution in [0.2, 0.25) is 0 Å². The predicted molar refractivity (Wildman–Crippen MR) is 98.3 cm³/mol. The fraction of sp³-hybridized carbons (Fsp3) is 0.211. The first-order valence-corrected chi connectivity index (χ1v) is 8.42. The number of aromatic nitrogens is 2. The fourth-order valence-corrected chi connectivity index (χ4v) is 3.13. The highest BCUT2D eigenvalue weighted by atomic mass is 19.1. The quantitative estimate of drug-likeness (QED) is 0.709. The van der Waals surface area contributed by atoms with Crippen molar-refractivity contribution in [3.8, 4) is 0 Å². The van der Waals surface area contributed by atoms with Crippen molar-refractivity contribution in [3.63, 3.8) is 0 Å². The van der Waals surface area contributed by atoms with E-state index in [-0.39, 0.29) is 17.8 Å². The molecule has 3 N–H and O–H groups in total. The highest BCUT2D eigenvalue weighted by Gasteiger charge is 2.27. The van der Waals surface area contributed by atoms with Crippen LogP contribution in [0.3, 0.4) is 0 Å². The third kappa shape index (κ3) is 3.28. The van der Waals surface area contributed by atoms with Gasteiger partial charge in [0.05, 0.1) is 5.52 Å². The number of halogens is 1. The van der Waals surface area contributed by atoms with Gasteiger partial charge in [-0.15, -0.1) is 0 Å². The van der Waals surface area contributed by atoms with E-state index >= 15 is 0 Å². The van der Waals surface area contributed by atoms with E-state index in [4.69, 9.17) is 5.73 Å². The Kier molecular flexibility index (Phi) is 4.12. The fourth-order valence-electron chi connectivity index (χ4n) is 3.13. The standard InChI is InChI=1S/C19H18FN5O/c20-14-3-6-17-13(9-14)10-22-19(24-17)23-16-7-8-25(11-16)18(26)12-1-4-15(21)5-2-12/h1-6,9-10,16H,7-8,11,21H2,(H,22,23,24)/t16-/m0/s1. The lowest BCUT2D eigenvalue weighted by molar-refractivity contribution is 0.0791. The Morgan fingerprint density at radius 3 is 2.85 bits per heavy atom. The van der Waals surface area contributed by atoms with Crippen LogP contribution in [0.5, 0.6) is 0 Å². The van der Waals surface area contributed by atoms with Crippen molar-refractivity contribution in [1.29, 1.82) is 0 Å². The van der Waals surface area contributed by atoms with Crippen LogP contribution < -0.4 is 11.1 Å².